The van der Waals surface area contributed by atoms with Gasteiger partial charge in [-0.1, -0.05) is 6.42 Å². The zero-order valence-electron chi connectivity index (χ0n) is 13.6. The zero-order chi connectivity index (χ0) is 15.6. The smallest absolute Gasteiger partial charge is 0.270 e. The number of nitrogens with zero attached hydrogens (tertiary/aromatic N) is 4. The van der Waals surface area contributed by atoms with Gasteiger partial charge in [0.2, 0.25) is 0 Å². The molecular weight excluding hydrogens is 288 g/mol. The number of likely N-dealkylation sites (tertiary alicyclic amines) is 1. The zero-order valence-corrected chi connectivity index (χ0v) is 13.6. The summed E-state index contributed by atoms with van der Waals surface area (Å²) in [5, 5.41) is 16.4. The molecule has 2 aromatic rings. The fourth-order valence-corrected chi connectivity index (χ4v) is 3.91. The lowest BCUT2D eigenvalue weighted by Crippen LogP contribution is -2.34. The number of fused-ring (bicyclic) bond motifs is 2. The van der Waals surface area contributed by atoms with Gasteiger partial charge in [0.05, 0.1) is 0 Å². The van der Waals surface area contributed by atoms with Crippen molar-refractivity contribution >= 4 is 11.0 Å². The fourth-order valence-electron chi connectivity index (χ4n) is 3.91. The van der Waals surface area contributed by atoms with Crippen molar-refractivity contribution in [2.24, 2.45) is 0 Å². The van der Waals surface area contributed by atoms with Crippen LogP contribution in [0.5, 0.6) is 0 Å². The highest BCUT2D eigenvalue weighted by atomic mass is 16.5. The molecule has 5 heteroatoms. The minimum Gasteiger partial charge on any atom is -0.594 e. The third kappa shape index (κ3) is 3.15. The summed E-state index contributed by atoms with van der Waals surface area (Å²) in [5.74, 6) is 0.683. The van der Waals surface area contributed by atoms with Crippen LogP contribution in [-0.4, -0.2) is 34.6 Å². The number of hydrogen-bond donors (Lipinski definition) is 0. The van der Waals surface area contributed by atoms with Crippen LogP contribution in [0.15, 0.2) is 12.1 Å². The Hall–Kier alpha value is -1.75. The summed E-state index contributed by atoms with van der Waals surface area (Å²) in [6.07, 6.45) is 9.17. The number of benzene rings is 1. The second kappa shape index (κ2) is 6.40. The van der Waals surface area contributed by atoms with E-state index < -0.39 is 0 Å². The van der Waals surface area contributed by atoms with Gasteiger partial charge >= 0.3 is 0 Å². The Morgan fingerprint density at radius 3 is 2.65 bits per heavy atom. The van der Waals surface area contributed by atoms with Gasteiger partial charge in [0.1, 0.15) is 5.52 Å². The van der Waals surface area contributed by atoms with E-state index in [1.54, 1.807) is 0 Å². The standard InChI is InChI=1S/C18H24N4O/c23-22-17-13-15-7-4-6-14(15)12-16(17)19-18(20-22)8-5-11-21-9-2-1-3-10-21/h12-13H,1-11H2. The lowest BCUT2D eigenvalue weighted by atomic mass is 10.1. The fraction of sp³-hybridized carbons (Fsp3) is 0.611. The van der Waals surface area contributed by atoms with Crippen molar-refractivity contribution < 1.29 is 4.85 Å². The minimum absolute atomic E-state index is 0.616. The first-order valence-corrected chi connectivity index (χ1v) is 8.94. The summed E-state index contributed by atoms with van der Waals surface area (Å²) >= 11 is 0. The van der Waals surface area contributed by atoms with Crippen LogP contribution in [0, 0.1) is 5.21 Å². The lowest BCUT2D eigenvalue weighted by molar-refractivity contribution is -0.644. The summed E-state index contributed by atoms with van der Waals surface area (Å²) in [6.45, 7) is 3.52. The van der Waals surface area contributed by atoms with E-state index in [1.807, 2.05) is 6.07 Å². The van der Waals surface area contributed by atoms with Crippen LogP contribution in [0.3, 0.4) is 0 Å². The molecule has 1 aliphatic carbocycles. The van der Waals surface area contributed by atoms with E-state index in [-0.39, 0.29) is 0 Å². The molecule has 4 rings (SSSR count). The van der Waals surface area contributed by atoms with Crippen LogP contribution in [-0.2, 0) is 19.3 Å². The largest absolute Gasteiger partial charge is 0.594 e. The Bertz CT molecular complexity index is 710. The maximum Gasteiger partial charge on any atom is 0.270 e. The molecule has 0 unspecified atom stereocenters. The molecule has 1 aromatic heterocycles. The molecule has 122 valence electrons. The maximum absolute atomic E-state index is 12.2. The number of aromatic nitrogens is 3. The van der Waals surface area contributed by atoms with E-state index in [2.05, 4.69) is 21.0 Å². The predicted molar refractivity (Wildman–Crippen MR) is 89.1 cm³/mol. The van der Waals surface area contributed by atoms with Crippen LogP contribution in [0.25, 0.3) is 11.0 Å². The minimum atomic E-state index is 0.616. The van der Waals surface area contributed by atoms with Crippen molar-refractivity contribution in [1.82, 2.24) is 15.0 Å². The van der Waals surface area contributed by atoms with Gasteiger partial charge in [0, 0.05) is 17.6 Å². The summed E-state index contributed by atoms with van der Waals surface area (Å²) in [6, 6.07) is 4.09. The summed E-state index contributed by atoms with van der Waals surface area (Å²) < 4.78 is 0. The molecule has 0 radical (unpaired) electrons. The third-order valence-electron chi connectivity index (χ3n) is 5.17. The molecule has 23 heavy (non-hydrogen) atoms. The lowest BCUT2D eigenvalue weighted by Gasteiger charge is -2.26. The van der Waals surface area contributed by atoms with Gasteiger partial charge in [-0.05, 0) is 80.2 Å². The first kappa shape index (κ1) is 14.8. The first-order valence-electron chi connectivity index (χ1n) is 8.94. The summed E-state index contributed by atoms with van der Waals surface area (Å²) in [7, 11) is 0. The molecular formula is C18H24N4O. The van der Waals surface area contributed by atoms with Crippen molar-refractivity contribution in [3.8, 4) is 0 Å². The van der Waals surface area contributed by atoms with Gasteiger partial charge in [-0.3, -0.25) is 0 Å². The van der Waals surface area contributed by atoms with E-state index in [4.69, 9.17) is 0 Å². The Morgan fingerprint density at radius 2 is 1.83 bits per heavy atom. The second-order valence-corrected chi connectivity index (χ2v) is 6.87. The normalized spacial score (nSPS) is 18.4. The van der Waals surface area contributed by atoms with Crippen molar-refractivity contribution in [3.63, 3.8) is 0 Å². The molecule has 5 nitrogen and oxygen atoms in total. The van der Waals surface area contributed by atoms with Gasteiger partial charge in [-0.2, -0.15) is 0 Å². The number of rotatable bonds is 4. The molecule has 2 aliphatic rings. The highest BCUT2D eigenvalue weighted by molar-refractivity contribution is 5.73. The molecule has 0 bridgehead atoms. The van der Waals surface area contributed by atoms with E-state index >= 15 is 0 Å². The van der Waals surface area contributed by atoms with Crippen LogP contribution < -0.4 is 4.85 Å². The Morgan fingerprint density at radius 1 is 1.04 bits per heavy atom. The van der Waals surface area contributed by atoms with Crippen molar-refractivity contribution in [1.29, 1.82) is 0 Å². The van der Waals surface area contributed by atoms with Crippen molar-refractivity contribution in [2.45, 2.75) is 51.4 Å². The molecule has 0 atom stereocenters. The Labute approximate surface area is 136 Å². The Balaban J connectivity index is 1.48. The quantitative estimate of drug-likeness (QED) is 0.641. The number of aryl methyl sites for hydroxylation is 3. The molecule has 1 saturated heterocycles. The van der Waals surface area contributed by atoms with Crippen molar-refractivity contribution in [3.05, 3.63) is 34.3 Å². The highest BCUT2D eigenvalue weighted by Gasteiger charge is 2.18. The van der Waals surface area contributed by atoms with E-state index in [0.29, 0.717) is 11.3 Å². The van der Waals surface area contributed by atoms with Gasteiger partial charge in [-0.25, -0.2) is 4.98 Å². The third-order valence-corrected chi connectivity index (χ3v) is 5.17. The molecule has 1 aromatic carbocycles. The highest BCUT2D eigenvalue weighted by Crippen LogP contribution is 2.25. The number of piperidine rings is 1. The first-order chi connectivity index (χ1) is 11.3. The van der Waals surface area contributed by atoms with Gasteiger partial charge in [0.25, 0.3) is 5.52 Å². The van der Waals surface area contributed by atoms with E-state index in [1.165, 1.54) is 49.9 Å². The Kier molecular flexibility index (Phi) is 4.12. The number of hydrogen-bond acceptors (Lipinski definition) is 4. The molecule has 1 aliphatic heterocycles. The molecule has 2 heterocycles. The van der Waals surface area contributed by atoms with Crippen LogP contribution in [0.4, 0.5) is 0 Å². The summed E-state index contributed by atoms with van der Waals surface area (Å²) in [4.78, 5) is 7.94. The van der Waals surface area contributed by atoms with Gasteiger partial charge in [0.15, 0.2) is 5.82 Å². The van der Waals surface area contributed by atoms with Crippen molar-refractivity contribution in [2.75, 3.05) is 19.6 Å². The average molecular weight is 312 g/mol. The molecule has 0 saturated carbocycles. The summed E-state index contributed by atoms with van der Waals surface area (Å²) in [5.41, 5.74) is 4.08. The van der Waals surface area contributed by atoms with Crippen LogP contribution in [0.2, 0.25) is 0 Å². The van der Waals surface area contributed by atoms with Crippen LogP contribution >= 0.6 is 0 Å². The monoisotopic (exact) mass is 312 g/mol. The van der Waals surface area contributed by atoms with Crippen LogP contribution in [0.1, 0.15) is 49.1 Å². The second-order valence-electron chi connectivity index (χ2n) is 6.87. The van der Waals surface area contributed by atoms with E-state index in [9.17, 15) is 5.21 Å². The molecule has 1 fully saturated rings. The maximum atomic E-state index is 12.2. The van der Waals surface area contributed by atoms with Gasteiger partial charge in [-0.15, -0.1) is 0 Å². The molecule has 0 N–H and O–H groups in total. The van der Waals surface area contributed by atoms with E-state index in [0.717, 1.165) is 42.6 Å². The topological polar surface area (TPSA) is 56.0 Å². The predicted octanol–water partition coefficient (Wildman–Crippen LogP) is 2.17. The van der Waals surface area contributed by atoms with Gasteiger partial charge < -0.3 is 10.1 Å². The molecule has 0 spiro atoms. The average Bonchev–Trinajstić information content (AvgIpc) is 3.02. The SMILES string of the molecule is [O-][n+]1nc(CCCN2CCCCC2)nc2cc3c(cc21)CCC3. The molecule has 0 amide bonds.